The summed E-state index contributed by atoms with van der Waals surface area (Å²) in [5.74, 6) is -0.335. The third-order valence-electron chi connectivity index (χ3n) is 3.58. The van der Waals surface area contributed by atoms with E-state index in [-0.39, 0.29) is 10.9 Å². The van der Waals surface area contributed by atoms with Crippen molar-refractivity contribution in [2.24, 2.45) is 0 Å². The van der Waals surface area contributed by atoms with E-state index in [4.69, 9.17) is 23.2 Å². The fourth-order valence-electron chi connectivity index (χ4n) is 2.22. The Hall–Kier alpha value is -1.28. The number of nitrogens with one attached hydrogen (secondary N) is 1. The summed E-state index contributed by atoms with van der Waals surface area (Å²) in [6.45, 7) is 1.56. The first-order chi connectivity index (χ1) is 9.46. The van der Waals surface area contributed by atoms with Crippen molar-refractivity contribution in [1.29, 1.82) is 5.26 Å². The van der Waals surface area contributed by atoms with Gasteiger partial charge in [-0.2, -0.15) is 5.26 Å². The van der Waals surface area contributed by atoms with Crippen LogP contribution in [-0.4, -0.2) is 36.5 Å². The molecule has 1 aliphatic heterocycles. The van der Waals surface area contributed by atoms with Crippen LogP contribution in [0.5, 0.6) is 0 Å². The molecular formula is C14H15Cl2N3O. The predicted octanol–water partition coefficient (Wildman–Crippen LogP) is 2.71. The molecule has 106 valence electrons. The molecule has 1 aromatic carbocycles. The average molecular weight is 312 g/mol. The molecule has 0 spiro atoms. The number of carbonyl (C=O) groups excluding carboxylic acids is 1. The third-order valence-corrected chi connectivity index (χ3v) is 4.13. The molecule has 1 fully saturated rings. The molecule has 6 heteroatoms. The zero-order valence-electron chi connectivity index (χ0n) is 11.1. The summed E-state index contributed by atoms with van der Waals surface area (Å²) in [5, 5.41) is 13.0. The van der Waals surface area contributed by atoms with E-state index in [0.29, 0.717) is 23.4 Å². The van der Waals surface area contributed by atoms with E-state index in [9.17, 15) is 10.1 Å². The molecule has 0 atom stereocenters. The smallest absolute Gasteiger partial charge is 0.254 e. The van der Waals surface area contributed by atoms with Crippen LogP contribution < -0.4 is 5.32 Å². The number of nitrogens with zero attached hydrogens (tertiary/aromatic N) is 2. The molecule has 2 rings (SSSR count). The first-order valence-electron chi connectivity index (χ1n) is 6.33. The van der Waals surface area contributed by atoms with Crippen molar-refractivity contribution in [1.82, 2.24) is 10.2 Å². The molecule has 0 radical (unpaired) electrons. The molecule has 0 bridgehead atoms. The van der Waals surface area contributed by atoms with Crippen LogP contribution in [-0.2, 0) is 0 Å². The van der Waals surface area contributed by atoms with Gasteiger partial charge in [-0.15, -0.1) is 0 Å². The van der Waals surface area contributed by atoms with Crippen LogP contribution in [0.15, 0.2) is 18.2 Å². The number of benzene rings is 1. The first kappa shape index (κ1) is 15.1. The first-order valence-corrected chi connectivity index (χ1v) is 7.09. The number of piperidine rings is 1. The van der Waals surface area contributed by atoms with Crippen LogP contribution in [0.4, 0.5) is 0 Å². The van der Waals surface area contributed by atoms with Crippen molar-refractivity contribution < 1.29 is 4.79 Å². The molecule has 0 aromatic heterocycles. The lowest BCUT2D eigenvalue weighted by atomic mass is 9.89. The van der Waals surface area contributed by atoms with E-state index in [2.05, 4.69) is 16.3 Å². The van der Waals surface area contributed by atoms with Crippen LogP contribution in [0.2, 0.25) is 10.0 Å². The highest BCUT2D eigenvalue weighted by molar-refractivity contribution is 6.36. The summed E-state index contributed by atoms with van der Waals surface area (Å²) in [6.07, 6.45) is 1.22. The molecule has 1 heterocycles. The lowest BCUT2D eigenvalue weighted by Gasteiger charge is -2.36. The lowest BCUT2D eigenvalue weighted by Crippen LogP contribution is -2.53. The van der Waals surface area contributed by atoms with Gasteiger partial charge in [-0.05, 0) is 38.1 Å². The van der Waals surface area contributed by atoms with E-state index in [1.165, 1.54) is 6.07 Å². The van der Waals surface area contributed by atoms with E-state index < -0.39 is 5.54 Å². The zero-order chi connectivity index (χ0) is 14.8. The molecule has 0 saturated carbocycles. The number of amides is 1. The SMILES string of the molecule is CN1CCC(C#N)(NC(=O)c2ccc(Cl)cc2Cl)CC1. The van der Waals surface area contributed by atoms with Gasteiger partial charge in [-0.3, -0.25) is 4.79 Å². The topological polar surface area (TPSA) is 56.1 Å². The van der Waals surface area contributed by atoms with Gasteiger partial charge in [-0.1, -0.05) is 23.2 Å². The number of halogens is 2. The Bertz CT molecular complexity index is 560. The van der Waals surface area contributed by atoms with Gasteiger partial charge in [0.05, 0.1) is 16.7 Å². The minimum atomic E-state index is -0.813. The van der Waals surface area contributed by atoms with E-state index in [1.807, 2.05) is 7.05 Å². The fourth-order valence-corrected chi connectivity index (χ4v) is 2.72. The summed E-state index contributed by atoms with van der Waals surface area (Å²) in [7, 11) is 2.00. The molecule has 1 N–H and O–H groups in total. The highest BCUT2D eigenvalue weighted by Gasteiger charge is 2.35. The van der Waals surface area contributed by atoms with E-state index in [1.54, 1.807) is 12.1 Å². The Labute approximate surface area is 128 Å². The van der Waals surface area contributed by atoms with Crippen molar-refractivity contribution in [3.63, 3.8) is 0 Å². The Morgan fingerprint density at radius 1 is 1.40 bits per heavy atom. The maximum atomic E-state index is 12.3. The Morgan fingerprint density at radius 3 is 2.60 bits per heavy atom. The fraction of sp³-hybridized carbons (Fsp3) is 0.429. The maximum absolute atomic E-state index is 12.3. The van der Waals surface area contributed by atoms with Gasteiger partial charge < -0.3 is 10.2 Å². The van der Waals surface area contributed by atoms with Crippen molar-refractivity contribution in [3.8, 4) is 6.07 Å². The standard InChI is InChI=1S/C14H15Cl2N3O/c1-19-6-4-14(9-17,5-7-19)18-13(20)11-3-2-10(15)8-12(11)16/h2-3,8H,4-7H2,1H3,(H,18,20). The summed E-state index contributed by atoms with van der Waals surface area (Å²) >= 11 is 11.8. The monoisotopic (exact) mass is 311 g/mol. The van der Waals surface area contributed by atoms with Gasteiger partial charge in [0.1, 0.15) is 5.54 Å². The second-order valence-electron chi connectivity index (χ2n) is 5.08. The number of hydrogen-bond acceptors (Lipinski definition) is 3. The van der Waals surface area contributed by atoms with Gasteiger partial charge >= 0.3 is 0 Å². The number of rotatable bonds is 2. The second-order valence-corrected chi connectivity index (χ2v) is 5.92. The van der Waals surface area contributed by atoms with Crippen LogP contribution in [0.1, 0.15) is 23.2 Å². The quantitative estimate of drug-likeness (QED) is 0.913. The Morgan fingerprint density at radius 2 is 2.05 bits per heavy atom. The van der Waals surface area contributed by atoms with Crippen LogP contribution in [0.25, 0.3) is 0 Å². The van der Waals surface area contributed by atoms with Gasteiger partial charge in [0, 0.05) is 18.1 Å². The summed E-state index contributed by atoms with van der Waals surface area (Å²) in [4.78, 5) is 14.4. The molecule has 0 unspecified atom stereocenters. The van der Waals surface area contributed by atoms with Gasteiger partial charge in [-0.25, -0.2) is 0 Å². The van der Waals surface area contributed by atoms with Gasteiger partial charge in [0.15, 0.2) is 0 Å². The number of carbonyl (C=O) groups is 1. The summed E-state index contributed by atoms with van der Waals surface area (Å²) < 4.78 is 0. The van der Waals surface area contributed by atoms with Gasteiger partial charge in [0.2, 0.25) is 0 Å². The molecular weight excluding hydrogens is 297 g/mol. The molecule has 1 saturated heterocycles. The average Bonchev–Trinajstić information content (AvgIpc) is 2.41. The Balaban J connectivity index is 2.16. The second kappa shape index (κ2) is 6.01. The number of nitriles is 1. The number of hydrogen-bond donors (Lipinski definition) is 1. The minimum absolute atomic E-state index is 0.288. The van der Waals surface area contributed by atoms with E-state index in [0.717, 1.165) is 13.1 Å². The molecule has 4 nitrogen and oxygen atoms in total. The van der Waals surface area contributed by atoms with E-state index >= 15 is 0 Å². The number of likely N-dealkylation sites (tertiary alicyclic amines) is 1. The third kappa shape index (κ3) is 3.24. The van der Waals surface area contributed by atoms with Crippen LogP contribution >= 0.6 is 23.2 Å². The normalized spacial score (nSPS) is 18.3. The molecule has 0 aliphatic carbocycles. The highest BCUT2D eigenvalue weighted by atomic mass is 35.5. The molecule has 1 aliphatic rings. The predicted molar refractivity (Wildman–Crippen MR) is 79.0 cm³/mol. The Kier molecular flexibility index (Phi) is 4.54. The summed E-state index contributed by atoms with van der Waals surface area (Å²) in [6, 6.07) is 6.94. The largest absolute Gasteiger partial charge is 0.334 e. The zero-order valence-corrected chi connectivity index (χ0v) is 12.6. The minimum Gasteiger partial charge on any atom is -0.334 e. The van der Waals surface area contributed by atoms with Crippen LogP contribution in [0, 0.1) is 11.3 Å². The van der Waals surface area contributed by atoms with Crippen LogP contribution in [0.3, 0.4) is 0 Å². The maximum Gasteiger partial charge on any atom is 0.254 e. The van der Waals surface area contributed by atoms with Gasteiger partial charge in [0.25, 0.3) is 5.91 Å². The summed E-state index contributed by atoms with van der Waals surface area (Å²) in [5.41, 5.74) is -0.475. The van der Waals surface area contributed by atoms with Crippen molar-refractivity contribution >= 4 is 29.1 Å². The van der Waals surface area contributed by atoms with Crippen molar-refractivity contribution in [2.75, 3.05) is 20.1 Å². The lowest BCUT2D eigenvalue weighted by molar-refractivity contribution is 0.0882. The molecule has 1 amide bonds. The van der Waals surface area contributed by atoms with Crippen molar-refractivity contribution in [2.45, 2.75) is 18.4 Å². The highest BCUT2D eigenvalue weighted by Crippen LogP contribution is 2.24. The molecule has 20 heavy (non-hydrogen) atoms. The molecule has 1 aromatic rings. The van der Waals surface area contributed by atoms with Crippen molar-refractivity contribution in [3.05, 3.63) is 33.8 Å².